The van der Waals surface area contributed by atoms with Crippen molar-refractivity contribution < 1.29 is 13.6 Å². The number of rotatable bonds is 13. The zero-order valence-corrected chi connectivity index (χ0v) is 29.0. The van der Waals surface area contributed by atoms with E-state index in [0.717, 1.165) is 17.4 Å². The van der Waals surface area contributed by atoms with E-state index < -0.39 is 16.6 Å². The van der Waals surface area contributed by atoms with Crippen LogP contribution in [-0.2, 0) is 13.6 Å². The van der Waals surface area contributed by atoms with Crippen molar-refractivity contribution >= 4 is 40.2 Å². The van der Waals surface area contributed by atoms with Crippen molar-refractivity contribution in [2.75, 3.05) is 25.2 Å². The molecule has 0 aliphatic carbocycles. The molecule has 1 rings (SSSR count). The first-order valence-electron chi connectivity index (χ1n) is 13.7. The zero-order valence-electron chi connectivity index (χ0n) is 25.4. The van der Waals surface area contributed by atoms with Crippen LogP contribution in [0.4, 0.5) is 0 Å². The van der Waals surface area contributed by atoms with E-state index in [1.807, 2.05) is 7.11 Å². The fourth-order valence-electron chi connectivity index (χ4n) is 3.67. The lowest BCUT2D eigenvalue weighted by molar-refractivity contribution is 0.0639. The molecule has 0 amide bonds. The van der Waals surface area contributed by atoms with Crippen LogP contribution < -0.4 is 0 Å². The fourth-order valence-corrected chi connectivity index (χ4v) is 9.17. The molecule has 7 heteroatoms. The topological polar surface area (TPSA) is 27.7 Å². The van der Waals surface area contributed by atoms with Gasteiger partial charge in [0.2, 0.25) is 0 Å². The highest BCUT2D eigenvalue weighted by molar-refractivity contribution is 8.17. The molecule has 1 heterocycles. The van der Waals surface area contributed by atoms with Gasteiger partial charge in [-0.2, -0.15) is 0 Å². The second kappa shape index (κ2) is 14.2. The molecular weight excluding hydrogens is 505 g/mol. The van der Waals surface area contributed by atoms with E-state index in [1.54, 1.807) is 0 Å². The SMILES string of the molecule is CO[C@@H](C[C@H](CC[C@@H](C)C1SCCCS1)O[Si](C)(C)C(C)(C)C)/C(C)=C/CO[Si](C)(C)C(C)(C)C. The number of methoxy groups -OCH3 is 1. The molecule has 35 heavy (non-hydrogen) atoms. The lowest BCUT2D eigenvalue weighted by atomic mass is 9.98. The maximum Gasteiger partial charge on any atom is 0.192 e. The van der Waals surface area contributed by atoms with Gasteiger partial charge in [0, 0.05) is 19.6 Å². The molecular formula is C28H58O3S2Si2. The number of hydrogen-bond donors (Lipinski definition) is 0. The summed E-state index contributed by atoms with van der Waals surface area (Å²) < 4.78 is 20.2. The van der Waals surface area contributed by atoms with Gasteiger partial charge < -0.3 is 13.6 Å². The summed E-state index contributed by atoms with van der Waals surface area (Å²) in [4.78, 5) is 0. The molecule has 1 saturated heterocycles. The van der Waals surface area contributed by atoms with Crippen molar-refractivity contribution in [2.45, 2.75) is 134 Å². The highest BCUT2D eigenvalue weighted by Gasteiger charge is 2.40. The average Bonchev–Trinajstić information content (AvgIpc) is 2.73. The van der Waals surface area contributed by atoms with E-state index in [2.05, 4.69) is 111 Å². The molecule has 0 aromatic heterocycles. The van der Waals surface area contributed by atoms with E-state index >= 15 is 0 Å². The summed E-state index contributed by atoms with van der Waals surface area (Å²) in [6, 6.07) is 0. The van der Waals surface area contributed by atoms with E-state index in [1.165, 1.54) is 29.9 Å². The standard InChI is InChI=1S/C28H58O3S2Si2/c1-22(17-18-30-34(10,11)27(3,4)5)25(29-9)21-24(31-35(12,13)28(6,7)8)16-15-23(2)26-32-19-14-20-33-26/h17,23-26H,14-16,18-21H2,1-13H3/b22-17+/t23-,24+,25+/m1/s1. The number of hydrogen-bond acceptors (Lipinski definition) is 5. The Labute approximate surface area is 229 Å². The summed E-state index contributed by atoms with van der Waals surface area (Å²) in [6.45, 7) is 28.6. The van der Waals surface area contributed by atoms with Crippen molar-refractivity contribution in [2.24, 2.45) is 5.92 Å². The van der Waals surface area contributed by atoms with Crippen molar-refractivity contribution in [3.8, 4) is 0 Å². The molecule has 0 saturated carbocycles. The summed E-state index contributed by atoms with van der Waals surface area (Å²) >= 11 is 4.33. The van der Waals surface area contributed by atoms with Crippen LogP contribution in [0.3, 0.4) is 0 Å². The van der Waals surface area contributed by atoms with E-state index in [-0.39, 0.29) is 22.3 Å². The Kier molecular flexibility index (Phi) is 13.7. The van der Waals surface area contributed by atoms with Crippen LogP contribution in [0.2, 0.25) is 36.3 Å². The van der Waals surface area contributed by atoms with Crippen molar-refractivity contribution in [3.63, 3.8) is 0 Å². The van der Waals surface area contributed by atoms with Gasteiger partial charge in [-0.05, 0) is 85.4 Å². The number of ether oxygens (including phenoxy) is 1. The molecule has 0 N–H and O–H groups in total. The van der Waals surface area contributed by atoms with E-state index in [0.29, 0.717) is 12.5 Å². The van der Waals surface area contributed by atoms with Crippen LogP contribution in [0.15, 0.2) is 11.6 Å². The van der Waals surface area contributed by atoms with Gasteiger partial charge in [0.25, 0.3) is 0 Å². The highest BCUT2D eigenvalue weighted by Crippen LogP contribution is 2.41. The van der Waals surface area contributed by atoms with Crippen molar-refractivity contribution in [1.82, 2.24) is 0 Å². The van der Waals surface area contributed by atoms with Crippen molar-refractivity contribution in [1.29, 1.82) is 0 Å². The molecule has 1 aliphatic heterocycles. The largest absolute Gasteiger partial charge is 0.414 e. The van der Waals surface area contributed by atoms with Gasteiger partial charge in [-0.3, -0.25) is 0 Å². The Balaban J connectivity index is 2.90. The van der Waals surface area contributed by atoms with Crippen LogP contribution in [0.5, 0.6) is 0 Å². The van der Waals surface area contributed by atoms with Crippen LogP contribution >= 0.6 is 23.5 Å². The maximum atomic E-state index is 7.02. The molecule has 3 nitrogen and oxygen atoms in total. The smallest absolute Gasteiger partial charge is 0.192 e. The fraction of sp³-hybridized carbons (Fsp3) is 0.929. The molecule has 3 atom stereocenters. The van der Waals surface area contributed by atoms with Crippen LogP contribution in [0.1, 0.15) is 81.1 Å². The Morgan fingerprint density at radius 3 is 1.97 bits per heavy atom. The Bertz CT molecular complexity index is 648. The summed E-state index contributed by atoms with van der Waals surface area (Å²) in [5.74, 6) is 3.35. The quantitative estimate of drug-likeness (QED) is 0.165. The summed E-state index contributed by atoms with van der Waals surface area (Å²) in [5.41, 5.74) is 1.27. The average molecular weight is 563 g/mol. The third kappa shape index (κ3) is 11.2. The minimum Gasteiger partial charge on any atom is -0.414 e. The van der Waals surface area contributed by atoms with Crippen molar-refractivity contribution in [3.05, 3.63) is 11.6 Å². The van der Waals surface area contributed by atoms with Gasteiger partial charge in [0.05, 0.1) is 17.3 Å². The molecule has 0 bridgehead atoms. The van der Waals surface area contributed by atoms with Crippen LogP contribution in [0, 0.1) is 5.92 Å². The van der Waals surface area contributed by atoms with Gasteiger partial charge in [-0.25, -0.2) is 0 Å². The first-order chi connectivity index (χ1) is 15.9. The predicted molar refractivity (Wildman–Crippen MR) is 166 cm³/mol. The molecule has 208 valence electrons. The lowest BCUT2D eigenvalue weighted by Crippen LogP contribution is -2.45. The lowest BCUT2D eigenvalue weighted by Gasteiger charge is -2.40. The van der Waals surface area contributed by atoms with Gasteiger partial charge in [0.1, 0.15) is 0 Å². The first kappa shape index (κ1) is 33.8. The maximum absolute atomic E-state index is 7.02. The van der Waals surface area contributed by atoms with Gasteiger partial charge in [-0.1, -0.05) is 54.5 Å². The first-order valence-corrected chi connectivity index (χ1v) is 21.6. The van der Waals surface area contributed by atoms with Gasteiger partial charge in [-0.15, -0.1) is 23.5 Å². The third-order valence-corrected chi connectivity index (χ3v) is 20.9. The van der Waals surface area contributed by atoms with Gasteiger partial charge >= 0.3 is 0 Å². The minimum absolute atomic E-state index is 0.0709. The van der Waals surface area contributed by atoms with E-state index in [9.17, 15) is 0 Å². The highest BCUT2D eigenvalue weighted by atomic mass is 32.2. The van der Waals surface area contributed by atoms with Crippen LogP contribution in [0.25, 0.3) is 0 Å². The zero-order chi connectivity index (χ0) is 27.1. The minimum atomic E-state index is -1.87. The van der Waals surface area contributed by atoms with Crippen LogP contribution in [-0.4, -0.2) is 58.6 Å². The monoisotopic (exact) mass is 562 g/mol. The Hall–Kier alpha value is 0.754. The molecule has 1 fully saturated rings. The number of thioether (sulfide) groups is 2. The molecule has 0 aromatic rings. The summed E-state index contributed by atoms with van der Waals surface area (Å²) in [5, 5.41) is 0.430. The molecule has 0 aromatic carbocycles. The summed E-state index contributed by atoms with van der Waals surface area (Å²) in [7, 11) is -1.78. The van der Waals surface area contributed by atoms with E-state index in [4.69, 9.17) is 13.6 Å². The normalized spacial score (nSPS) is 20.1. The Morgan fingerprint density at radius 1 is 0.943 bits per heavy atom. The van der Waals surface area contributed by atoms with Gasteiger partial charge in [0.15, 0.2) is 16.6 Å². The molecule has 0 radical (unpaired) electrons. The second-order valence-corrected chi connectivity index (χ2v) is 25.9. The predicted octanol–water partition coefficient (Wildman–Crippen LogP) is 9.36. The summed E-state index contributed by atoms with van der Waals surface area (Å²) in [6.07, 6.45) is 7.15. The molecule has 1 aliphatic rings. The third-order valence-electron chi connectivity index (χ3n) is 8.45. The molecule has 0 unspecified atom stereocenters. The molecule has 0 spiro atoms. The Morgan fingerprint density at radius 2 is 1.49 bits per heavy atom. The second-order valence-electron chi connectivity index (χ2n) is 13.5.